The van der Waals surface area contributed by atoms with Gasteiger partial charge in [-0.2, -0.15) is 0 Å². The van der Waals surface area contributed by atoms with Crippen molar-refractivity contribution in [1.29, 1.82) is 0 Å². The molecule has 3 rings (SSSR count). The average molecular weight is 494 g/mol. The number of ether oxygens (including phenoxy) is 4. The maximum absolute atomic E-state index is 12.7. The molecule has 0 saturated heterocycles. The molecule has 0 radical (unpaired) electrons. The maximum Gasteiger partial charge on any atom is 0.276 e. The lowest BCUT2D eigenvalue weighted by Gasteiger charge is -2.17. The lowest BCUT2D eigenvalue weighted by molar-refractivity contribution is -0.123. The Balaban J connectivity index is 1.54. The Kier molecular flexibility index (Phi) is 9.81. The number of para-hydroxylation sites is 1. The van der Waals surface area contributed by atoms with Crippen LogP contribution < -0.4 is 35.1 Å². The fourth-order valence-electron chi connectivity index (χ4n) is 3.23. The molecule has 36 heavy (non-hydrogen) atoms. The molecule has 0 aromatic heterocycles. The first-order valence-corrected chi connectivity index (χ1v) is 11.7. The van der Waals surface area contributed by atoms with Gasteiger partial charge < -0.3 is 24.3 Å². The summed E-state index contributed by atoms with van der Waals surface area (Å²) in [7, 11) is 0. The topological polar surface area (TPSA) is 107 Å². The molecular weight excluding hydrogens is 462 g/mol. The summed E-state index contributed by atoms with van der Waals surface area (Å²) in [6.07, 6.45) is 0. The van der Waals surface area contributed by atoms with E-state index in [1.165, 1.54) is 0 Å². The number of hydrogen-bond acceptors (Lipinski definition) is 7. The highest BCUT2D eigenvalue weighted by molar-refractivity contribution is 5.96. The van der Waals surface area contributed by atoms with E-state index in [9.17, 15) is 9.59 Å². The Hall–Kier alpha value is -4.40. The standard InChI is InChI=1S/C27H31N3O6/c1-4-33-23-16-19(17-24(34-5-2)26(23)35-6-3)27(32)30-29-25(31)18-36-22-14-12-21(13-15-22)28-20-10-8-7-9-11-20/h7-17,28H,4-6,18H2,1-3H3,(H,29,31)(H,30,32). The number of hydrogen-bond donors (Lipinski definition) is 3. The summed E-state index contributed by atoms with van der Waals surface area (Å²) in [6, 6.07) is 20.1. The van der Waals surface area contributed by atoms with E-state index in [1.807, 2.05) is 63.2 Å². The summed E-state index contributed by atoms with van der Waals surface area (Å²) in [5, 5.41) is 3.27. The van der Waals surface area contributed by atoms with Crippen molar-refractivity contribution in [3.8, 4) is 23.0 Å². The Morgan fingerprint density at radius 2 is 1.28 bits per heavy atom. The number of rotatable bonds is 12. The van der Waals surface area contributed by atoms with Gasteiger partial charge in [-0.1, -0.05) is 18.2 Å². The molecule has 0 saturated carbocycles. The zero-order valence-corrected chi connectivity index (χ0v) is 20.6. The van der Waals surface area contributed by atoms with Crippen molar-refractivity contribution in [2.45, 2.75) is 20.8 Å². The molecule has 0 aliphatic rings. The van der Waals surface area contributed by atoms with Crippen molar-refractivity contribution < 1.29 is 28.5 Å². The van der Waals surface area contributed by atoms with Crippen molar-refractivity contribution in [2.75, 3.05) is 31.7 Å². The highest BCUT2D eigenvalue weighted by Gasteiger charge is 2.18. The van der Waals surface area contributed by atoms with Crippen LogP contribution in [-0.2, 0) is 4.79 Å². The van der Waals surface area contributed by atoms with E-state index in [2.05, 4.69) is 16.2 Å². The van der Waals surface area contributed by atoms with Crippen LogP contribution in [0.25, 0.3) is 0 Å². The first-order chi connectivity index (χ1) is 17.5. The van der Waals surface area contributed by atoms with E-state index < -0.39 is 11.8 Å². The average Bonchev–Trinajstić information content (AvgIpc) is 2.89. The van der Waals surface area contributed by atoms with E-state index in [-0.39, 0.29) is 12.2 Å². The quantitative estimate of drug-likeness (QED) is 0.320. The van der Waals surface area contributed by atoms with Gasteiger partial charge in [0, 0.05) is 16.9 Å². The lowest BCUT2D eigenvalue weighted by atomic mass is 10.1. The van der Waals surface area contributed by atoms with Crippen molar-refractivity contribution in [1.82, 2.24) is 10.9 Å². The van der Waals surface area contributed by atoms with E-state index in [1.54, 1.807) is 24.3 Å². The summed E-state index contributed by atoms with van der Waals surface area (Å²) in [4.78, 5) is 24.9. The molecule has 3 aromatic rings. The molecule has 2 amide bonds. The minimum Gasteiger partial charge on any atom is -0.490 e. The van der Waals surface area contributed by atoms with Gasteiger partial charge in [0.1, 0.15) is 5.75 Å². The van der Waals surface area contributed by atoms with Gasteiger partial charge in [-0.3, -0.25) is 20.4 Å². The van der Waals surface area contributed by atoms with Crippen LogP contribution in [0, 0.1) is 0 Å². The van der Waals surface area contributed by atoms with Gasteiger partial charge >= 0.3 is 0 Å². The van der Waals surface area contributed by atoms with Crippen LogP contribution in [0.2, 0.25) is 0 Å². The van der Waals surface area contributed by atoms with Crippen LogP contribution in [0.1, 0.15) is 31.1 Å². The van der Waals surface area contributed by atoms with Crippen LogP contribution in [0.15, 0.2) is 66.7 Å². The Morgan fingerprint density at radius 3 is 1.86 bits per heavy atom. The molecule has 0 atom stereocenters. The zero-order valence-electron chi connectivity index (χ0n) is 20.6. The third-order valence-corrected chi connectivity index (χ3v) is 4.77. The van der Waals surface area contributed by atoms with Crippen LogP contribution in [0.3, 0.4) is 0 Å². The number of hydrazine groups is 1. The van der Waals surface area contributed by atoms with Crippen molar-refractivity contribution in [3.05, 3.63) is 72.3 Å². The van der Waals surface area contributed by atoms with Crippen LogP contribution in [-0.4, -0.2) is 38.2 Å². The van der Waals surface area contributed by atoms with Gasteiger partial charge in [0.05, 0.1) is 19.8 Å². The highest BCUT2D eigenvalue weighted by Crippen LogP contribution is 2.39. The van der Waals surface area contributed by atoms with E-state index in [4.69, 9.17) is 18.9 Å². The molecule has 0 fully saturated rings. The summed E-state index contributed by atoms with van der Waals surface area (Å²) in [6.45, 7) is 6.41. The van der Waals surface area contributed by atoms with Gasteiger partial charge in [0.25, 0.3) is 11.8 Å². The molecule has 0 unspecified atom stereocenters. The van der Waals surface area contributed by atoms with Gasteiger partial charge in [0.2, 0.25) is 5.75 Å². The number of carbonyl (C=O) groups is 2. The van der Waals surface area contributed by atoms with Crippen LogP contribution in [0.4, 0.5) is 11.4 Å². The number of carbonyl (C=O) groups excluding carboxylic acids is 2. The molecule has 0 heterocycles. The molecule has 0 bridgehead atoms. The largest absolute Gasteiger partial charge is 0.490 e. The number of benzene rings is 3. The number of amides is 2. The molecule has 0 spiro atoms. The molecule has 3 aromatic carbocycles. The fourth-order valence-corrected chi connectivity index (χ4v) is 3.23. The van der Waals surface area contributed by atoms with E-state index in [0.717, 1.165) is 11.4 Å². The summed E-state index contributed by atoms with van der Waals surface area (Å²) >= 11 is 0. The molecule has 0 aliphatic carbocycles. The third kappa shape index (κ3) is 7.56. The first-order valence-electron chi connectivity index (χ1n) is 11.7. The summed E-state index contributed by atoms with van der Waals surface area (Å²) in [5.74, 6) is 0.663. The second kappa shape index (κ2) is 13.5. The Labute approximate surface area is 210 Å². The predicted molar refractivity (Wildman–Crippen MR) is 137 cm³/mol. The van der Waals surface area contributed by atoms with Gasteiger partial charge in [0.15, 0.2) is 18.1 Å². The van der Waals surface area contributed by atoms with Gasteiger partial charge in [-0.15, -0.1) is 0 Å². The van der Waals surface area contributed by atoms with Crippen LogP contribution >= 0.6 is 0 Å². The monoisotopic (exact) mass is 493 g/mol. The SMILES string of the molecule is CCOc1cc(C(=O)NNC(=O)COc2ccc(Nc3ccccc3)cc2)cc(OCC)c1OCC. The van der Waals surface area contributed by atoms with Gasteiger partial charge in [-0.05, 0) is 69.3 Å². The fraction of sp³-hybridized carbons (Fsp3) is 0.259. The summed E-state index contributed by atoms with van der Waals surface area (Å²) in [5.41, 5.74) is 6.83. The van der Waals surface area contributed by atoms with Crippen LogP contribution in [0.5, 0.6) is 23.0 Å². The molecule has 3 N–H and O–H groups in total. The minimum atomic E-state index is -0.537. The first kappa shape index (κ1) is 26.2. The van der Waals surface area contributed by atoms with Gasteiger partial charge in [-0.25, -0.2) is 0 Å². The van der Waals surface area contributed by atoms with Crippen molar-refractivity contribution in [2.24, 2.45) is 0 Å². The van der Waals surface area contributed by atoms with E-state index in [0.29, 0.717) is 42.8 Å². The normalized spacial score (nSPS) is 10.2. The molecule has 9 nitrogen and oxygen atoms in total. The molecular formula is C27H31N3O6. The Morgan fingerprint density at radius 1 is 0.694 bits per heavy atom. The lowest BCUT2D eigenvalue weighted by Crippen LogP contribution is -2.43. The highest BCUT2D eigenvalue weighted by atomic mass is 16.5. The molecule has 190 valence electrons. The number of nitrogens with one attached hydrogen (secondary N) is 3. The predicted octanol–water partition coefficient (Wildman–Crippen LogP) is 4.47. The maximum atomic E-state index is 12.7. The van der Waals surface area contributed by atoms with E-state index >= 15 is 0 Å². The van der Waals surface area contributed by atoms with Crippen molar-refractivity contribution >= 4 is 23.2 Å². The van der Waals surface area contributed by atoms with Crippen molar-refractivity contribution in [3.63, 3.8) is 0 Å². The third-order valence-electron chi connectivity index (χ3n) is 4.77. The second-order valence-corrected chi connectivity index (χ2v) is 7.41. The smallest absolute Gasteiger partial charge is 0.276 e. The molecule has 0 aliphatic heterocycles. The number of anilines is 2. The minimum absolute atomic E-state index is 0.244. The Bertz CT molecular complexity index is 1110. The second-order valence-electron chi connectivity index (χ2n) is 7.41. The summed E-state index contributed by atoms with van der Waals surface area (Å²) < 4.78 is 22.4. The zero-order chi connectivity index (χ0) is 25.8. The molecule has 9 heteroatoms.